The zero-order valence-electron chi connectivity index (χ0n) is 13.5. The molecular weight excluding hydrogens is 364 g/mol. The van der Waals surface area contributed by atoms with Crippen LogP contribution in [-0.2, 0) is 26.5 Å². The maximum atomic E-state index is 11.9. The van der Waals surface area contributed by atoms with E-state index in [1.165, 1.54) is 12.1 Å². The van der Waals surface area contributed by atoms with Gasteiger partial charge in [0, 0.05) is 6.54 Å². The number of hydrogen-bond acceptors (Lipinski definition) is 5. The highest BCUT2D eigenvalue weighted by Gasteiger charge is 2.11. The van der Waals surface area contributed by atoms with Gasteiger partial charge in [-0.1, -0.05) is 30.3 Å². The van der Waals surface area contributed by atoms with Crippen LogP contribution in [0.5, 0.6) is 5.75 Å². The summed E-state index contributed by atoms with van der Waals surface area (Å²) in [7, 11) is -7.17. The lowest BCUT2D eigenvalue weighted by Crippen LogP contribution is -2.30. The Bertz CT molecular complexity index is 880. The van der Waals surface area contributed by atoms with Gasteiger partial charge in [-0.3, -0.25) is 0 Å². The molecule has 2 aromatic rings. The summed E-state index contributed by atoms with van der Waals surface area (Å²) >= 11 is 0. The fourth-order valence-electron chi connectivity index (χ4n) is 2.05. The molecular formula is C16H20N2O5S2. The van der Waals surface area contributed by atoms with E-state index in [0.717, 1.165) is 5.56 Å². The number of para-hydroxylation sites is 1. The molecule has 0 atom stereocenters. The fourth-order valence-corrected chi connectivity index (χ4v) is 3.43. The van der Waals surface area contributed by atoms with Crippen LogP contribution in [0.2, 0.25) is 0 Å². The Hall–Kier alpha value is -1.94. The number of sulfonamides is 2. The maximum absolute atomic E-state index is 11.9. The Morgan fingerprint density at radius 1 is 0.920 bits per heavy atom. The topological polar surface area (TPSA) is 116 Å². The quantitative estimate of drug-likeness (QED) is 0.666. The minimum Gasteiger partial charge on any atom is -0.492 e. The van der Waals surface area contributed by atoms with Crippen LogP contribution in [0.25, 0.3) is 0 Å². The molecule has 0 radical (unpaired) electrons. The second kappa shape index (κ2) is 8.43. The highest BCUT2D eigenvalue weighted by molar-refractivity contribution is 7.89. The first kappa shape index (κ1) is 19.4. The van der Waals surface area contributed by atoms with E-state index < -0.39 is 20.0 Å². The molecule has 3 N–H and O–H groups in total. The van der Waals surface area contributed by atoms with Crippen molar-refractivity contribution in [2.45, 2.75) is 11.3 Å². The lowest BCUT2D eigenvalue weighted by Gasteiger charge is -2.09. The predicted octanol–water partition coefficient (Wildman–Crippen LogP) is 0.875. The second-order valence-corrected chi connectivity index (χ2v) is 8.80. The zero-order valence-corrected chi connectivity index (χ0v) is 15.1. The first-order valence-electron chi connectivity index (χ1n) is 7.53. The van der Waals surface area contributed by atoms with Gasteiger partial charge in [0.2, 0.25) is 20.0 Å². The smallest absolute Gasteiger partial charge is 0.238 e. The molecule has 0 fully saturated rings. The maximum Gasteiger partial charge on any atom is 0.238 e. The first-order chi connectivity index (χ1) is 11.8. The summed E-state index contributed by atoms with van der Waals surface area (Å²) in [4.78, 5) is 0.0230. The van der Waals surface area contributed by atoms with Crippen molar-refractivity contribution < 1.29 is 21.6 Å². The van der Waals surface area contributed by atoms with Crippen molar-refractivity contribution in [2.24, 2.45) is 5.14 Å². The molecule has 9 heteroatoms. The van der Waals surface area contributed by atoms with E-state index in [1.54, 1.807) is 24.3 Å². The van der Waals surface area contributed by atoms with Crippen LogP contribution in [0, 0.1) is 0 Å². The monoisotopic (exact) mass is 384 g/mol. The standard InChI is InChI=1S/C16H20N2O5S2/c17-25(21,22)16-8-6-14(7-9-16)10-11-18-24(19,20)13-12-23-15-4-2-1-3-5-15/h1-9,18H,10-13H2,(H2,17,21,22). The number of nitrogens with one attached hydrogen (secondary N) is 1. The van der Waals surface area contributed by atoms with Gasteiger partial charge in [-0.05, 0) is 36.2 Å². The molecule has 0 aliphatic heterocycles. The van der Waals surface area contributed by atoms with Gasteiger partial charge in [-0.25, -0.2) is 26.7 Å². The van der Waals surface area contributed by atoms with Crippen LogP contribution in [0.15, 0.2) is 59.5 Å². The van der Waals surface area contributed by atoms with Crippen LogP contribution in [0.1, 0.15) is 5.56 Å². The molecule has 0 heterocycles. The molecule has 0 saturated heterocycles. The van der Waals surface area contributed by atoms with Crippen molar-refractivity contribution in [3.05, 3.63) is 60.2 Å². The van der Waals surface area contributed by atoms with Crippen molar-refractivity contribution >= 4 is 20.0 Å². The van der Waals surface area contributed by atoms with Crippen LogP contribution >= 0.6 is 0 Å². The van der Waals surface area contributed by atoms with E-state index in [4.69, 9.17) is 9.88 Å². The number of primary sulfonamides is 1. The molecule has 25 heavy (non-hydrogen) atoms. The predicted molar refractivity (Wildman–Crippen MR) is 95.2 cm³/mol. The summed E-state index contributed by atoms with van der Waals surface area (Å²) in [6.07, 6.45) is 0.434. The highest BCUT2D eigenvalue weighted by atomic mass is 32.2. The number of hydrogen-bond donors (Lipinski definition) is 2. The van der Waals surface area contributed by atoms with Crippen molar-refractivity contribution in [3.8, 4) is 5.75 Å². The van der Waals surface area contributed by atoms with E-state index in [0.29, 0.717) is 12.2 Å². The highest BCUT2D eigenvalue weighted by Crippen LogP contribution is 2.09. The molecule has 0 aliphatic carbocycles. The molecule has 136 valence electrons. The third-order valence-electron chi connectivity index (χ3n) is 3.35. The van der Waals surface area contributed by atoms with Crippen LogP contribution in [-0.4, -0.2) is 35.7 Å². The number of rotatable bonds is 9. The zero-order chi connectivity index (χ0) is 18.3. The van der Waals surface area contributed by atoms with E-state index >= 15 is 0 Å². The Morgan fingerprint density at radius 2 is 1.56 bits per heavy atom. The molecule has 0 aromatic heterocycles. The van der Waals surface area contributed by atoms with Crippen molar-refractivity contribution in [2.75, 3.05) is 18.9 Å². The summed E-state index contributed by atoms with van der Waals surface area (Å²) in [6.45, 7) is 0.269. The third kappa shape index (κ3) is 6.83. The SMILES string of the molecule is NS(=O)(=O)c1ccc(CCNS(=O)(=O)CCOc2ccccc2)cc1. The molecule has 0 aliphatic rings. The summed E-state index contributed by atoms with van der Waals surface area (Å²) < 4.78 is 54.0. The molecule has 2 aromatic carbocycles. The van der Waals surface area contributed by atoms with Gasteiger partial charge in [-0.15, -0.1) is 0 Å². The molecule has 0 saturated carbocycles. The molecule has 2 rings (SSSR count). The molecule has 0 spiro atoms. The van der Waals surface area contributed by atoms with Gasteiger partial charge in [-0.2, -0.15) is 0 Å². The lowest BCUT2D eigenvalue weighted by atomic mass is 10.2. The van der Waals surface area contributed by atoms with Gasteiger partial charge < -0.3 is 4.74 Å². The summed E-state index contributed by atoms with van der Waals surface area (Å²) in [6, 6.07) is 15.0. The summed E-state index contributed by atoms with van der Waals surface area (Å²) in [5.74, 6) is 0.472. The number of benzene rings is 2. The lowest BCUT2D eigenvalue weighted by molar-refractivity contribution is 0.340. The van der Waals surface area contributed by atoms with E-state index in [9.17, 15) is 16.8 Å². The Labute approximate surface area is 147 Å². The van der Waals surface area contributed by atoms with Crippen LogP contribution in [0.3, 0.4) is 0 Å². The van der Waals surface area contributed by atoms with E-state index in [1.807, 2.05) is 18.2 Å². The van der Waals surface area contributed by atoms with E-state index in [-0.39, 0.29) is 23.8 Å². The third-order valence-corrected chi connectivity index (χ3v) is 5.63. The minimum absolute atomic E-state index is 0.0230. The van der Waals surface area contributed by atoms with Crippen LogP contribution < -0.4 is 14.6 Å². The summed E-state index contributed by atoms with van der Waals surface area (Å²) in [5, 5.41) is 5.02. The van der Waals surface area contributed by atoms with Gasteiger partial charge in [0.05, 0.1) is 10.6 Å². The van der Waals surface area contributed by atoms with Gasteiger partial charge in [0.1, 0.15) is 12.4 Å². The van der Waals surface area contributed by atoms with Crippen LogP contribution in [0.4, 0.5) is 0 Å². The molecule has 0 unspecified atom stereocenters. The largest absolute Gasteiger partial charge is 0.492 e. The fraction of sp³-hybridized carbons (Fsp3) is 0.250. The Kier molecular flexibility index (Phi) is 6.54. The molecule has 7 nitrogen and oxygen atoms in total. The Balaban J connectivity index is 1.76. The Morgan fingerprint density at radius 3 is 2.16 bits per heavy atom. The van der Waals surface area contributed by atoms with Crippen molar-refractivity contribution in [1.82, 2.24) is 4.72 Å². The molecule has 0 amide bonds. The minimum atomic E-state index is -3.72. The van der Waals surface area contributed by atoms with Crippen molar-refractivity contribution in [3.63, 3.8) is 0 Å². The van der Waals surface area contributed by atoms with Gasteiger partial charge in [0.15, 0.2) is 0 Å². The summed E-state index contributed by atoms with van der Waals surface area (Å²) in [5.41, 5.74) is 0.802. The molecule has 0 bridgehead atoms. The average Bonchev–Trinajstić information content (AvgIpc) is 2.55. The average molecular weight is 384 g/mol. The second-order valence-electron chi connectivity index (χ2n) is 5.31. The first-order valence-corrected chi connectivity index (χ1v) is 10.7. The number of ether oxygens (including phenoxy) is 1. The van der Waals surface area contributed by atoms with Gasteiger partial charge in [0.25, 0.3) is 0 Å². The van der Waals surface area contributed by atoms with Gasteiger partial charge >= 0.3 is 0 Å². The van der Waals surface area contributed by atoms with E-state index in [2.05, 4.69) is 4.72 Å². The van der Waals surface area contributed by atoms with Crippen molar-refractivity contribution in [1.29, 1.82) is 0 Å². The number of nitrogens with two attached hydrogens (primary N) is 1. The normalized spacial score (nSPS) is 12.0.